The van der Waals surface area contributed by atoms with Gasteiger partial charge in [0.2, 0.25) is 0 Å². The largest absolute Gasteiger partial charge is 0.321 e. The van der Waals surface area contributed by atoms with Gasteiger partial charge in [-0.25, -0.2) is 0 Å². The van der Waals surface area contributed by atoms with Crippen molar-refractivity contribution in [2.45, 2.75) is 39.8 Å². The smallest absolute Gasteiger partial charge is 0.307 e. The first-order chi connectivity index (χ1) is 13.6. The standard InChI is InChI=1S/C19H21ClN6O3/c1-12-17(13(2)24(23-12)10-14-6-5-7-15(20)8-14)22-18(27)19(3,4)25-11-16(9-21-25)26(28)29/h5-9,11H,10H2,1-4H3,(H,22,27). The number of amides is 1. The molecule has 3 rings (SSSR count). The molecule has 0 aliphatic rings. The Hall–Kier alpha value is -3.20. The summed E-state index contributed by atoms with van der Waals surface area (Å²) in [5.41, 5.74) is 1.74. The second kappa shape index (κ2) is 7.67. The number of carbonyl (C=O) groups excluding carboxylic acids is 1. The number of hydrogen-bond donors (Lipinski definition) is 1. The number of anilines is 1. The van der Waals surface area contributed by atoms with Crippen LogP contribution in [0.3, 0.4) is 0 Å². The van der Waals surface area contributed by atoms with Crippen molar-refractivity contribution in [3.05, 3.63) is 68.7 Å². The summed E-state index contributed by atoms with van der Waals surface area (Å²) in [5.74, 6) is -0.357. The van der Waals surface area contributed by atoms with Gasteiger partial charge in [-0.05, 0) is 45.4 Å². The first-order valence-electron chi connectivity index (χ1n) is 8.89. The molecular formula is C19H21ClN6O3. The Morgan fingerprint density at radius 2 is 2.07 bits per heavy atom. The third-order valence-electron chi connectivity index (χ3n) is 4.75. The molecule has 3 aromatic rings. The van der Waals surface area contributed by atoms with Crippen LogP contribution in [0.5, 0.6) is 0 Å². The van der Waals surface area contributed by atoms with Gasteiger partial charge in [-0.2, -0.15) is 10.2 Å². The van der Waals surface area contributed by atoms with Gasteiger partial charge in [-0.15, -0.1) is 0 Å². The van der Waals surface area contributed by atoms with Gasteiger partial charge >= 0.3 is 5.69 Å². The van der Waals surface area contributed by atoms with E-state index < -0.39 is 10.5 Å². The number of nitro groups is 1. The van der Waals surface area contributed by atoms with Crippen molar-refractivity contribution in [3.8, 4) is 0 Å². The fourth-order valence-corrected chi connectivity index (χ4v) is 3.14. The Labute approximate surface area is 172 Å². The van der Waals surface area contributed by atoms with E-state index in [4.69, 9.17) is 11.6 Å². The highest BCUT2D eigenvalue weighted by Crippen LogP contribution is 2.25. The number of nitrogens with one attached hydrogen (secondary N) is 1. The Bertz CT molecular complexity index is 1090. The van der Waals surface area contributed by atoms with Gasteiger partial charge in [-0.1, -0.05) is 23.7 Å². The van der Waals surface area contributed by atoms with Gasteiger partial charge < -0.3 is 5.32 Å². The Morgan fingerprint density at radius 1 is 1.34 bits per heavy atom. The van der Waals surface area contributed by atoms with Crippen molar-refractivity contribution in [1.82, 2.24) is 19.6 Å². The highest BCUT2D eigenvalue weighted by molar-refractivity contribution is 6.30. The summed E-state index contributed by atoms with van der Waals surface area (Å²) in [7, 11) is 0. The molecule has 1 aromatic carbocycles. The number of halogens is 1. The number of rotatable bonds is 6. The Balaban J connectivity index is 1.82. The average molecular weight is 417 g/mol. The van der Waals surface area contributed by atoms with E-state index in [9.17, 15) is 14.9 Å². The summed E-state index contributed by atoms with van der Waals surface area (Å²) in [5, 5.41) is 22.9. The zero-order valence-corrected chi connectivity index (χ0v) is 17.3. The van der Waals surface area contributed by atoms with Gasteiger partial charge in [0.25, 0.3) is 5.91 Å². The molecule has 0 aliphatic heterocycles. The van der Waals surface area contributed by atoms with Crippen molar-refractivity contribution in [2.24, 2.45) is 0 Å². The Kier molecular flexibility index (Phi) is 5.43. The fraction of sp³-hybridized carbons (Fsp3) is 0.316. The van der Waals surface area contributed by atoms with Crippen LogP contribution in [0.25, 0.3) is 0 Å². The van der Waals surface area contributed by atoms with E-state index in [-0.39, 0.29) is 11.6 Å². The van der Waals surface area contributed by atoms with E-state index in [0.29, 0.717) is 22.9 Å². The van der Waals surface area contributed by atoms with E-state index in [1.165, 1.54) is 10.9 Å². The van der Waals surface area contributed by atoms with Crippen molar-refractivity contribution < 1.29 is 9.72 Å². The van der Waals surface area contributed by atoms with E-state index in [1.807, 2.05) is 32.0 Å². The van der Waals surface area contributed by atoms with Crippen LogP contribution in [0.15, 0.2) is 36.7 Å². The van der Waals surface area contributed by atoms with Crippen LogP contribution in [0.1, 0.15) is 30.8 Å². The summed E-state index contributed by atoms with van der Waals surface area (Å²) >= 11 is 6.05. The normalized spacial score (nSPS) is 11.5. The minimum absolute atomic E-state index is 0.174. The molecule has 2 heterocycles. The van der Waals surface area contributed by atoms with E-state index in [1.54, 1.807) is 24.6 Å². The summed E-state index contributed by atoms with van der Waals surface area (Å²) < 4.78 is 3.07. The molecule has 0 radical (unpaired) electrons. The number of hydrogen-bond acceptors (Lipinski definition) is 5. The maximum Gasteiger partial charge on any atom is 0.307 e. The highest BCUT2D eigenvalue weighted by atomic mass is 35.5. The monoisotopic (exact) mass is 416 g/mol. The summed E-state index contributed by atoms with van der Waals surface area (Å²) in [6.45, 7) is 7.47. The topological polar surface area (TPSA) is 108 Å². The number of nitrogens with zero attached hydrogens (tertiary/aromatic N) is 5. The van der Waals surface area contributed by atoms with Crippen LogP contribution in [-0.2, 0) is 16.9 Å². The zero-order chi connectivity index (χ0) is 21.3. The molecule has 0 atom stereocenters. The van der Waals surface area contributed by atoms with Crippen molar-refractivity contribution >= 4 is 28.9 Å². The second-order valence-corrected chi connectivity index (χ2v) is 7.68. The number of aromatic nitrogens is 4. The third-order valence-corrected chi connectivity index (χ3v) is 4.98. The van der Waals surface area contributed by atoms with Crippen molar-refractivity contribution in [3.63, 3.8) is 0 Å². The van der Waals surface area contributed by atoms with Crippen LogP contribution >= 0.6 is 11.6 Å². The molecular weight excluding hydrogens is 396 g/mol. The van der Waals surface area contributed by atoms with Gasteiger partial charge in [0, 0.05) is 5.02 Å². The van der Waals surface area contributed by atoms with Crippen LogP contribution in [-0.4, -0.2) is 30.4 Å². The lowest BCUT2D eigenvalue weighted by Gasteiger charge is -2.24. The first-order valence-corrected chi connectivity index (χ1v) is 9.27. The number of benzene rings is 1. The lowest BCUT2D eigenvalue weighted by molar-refractivity contribution is -0.385. The van der Waals surface area contributed by atoms with E-state index in [2.05, 4.69) is 15.5 Å². The molecule has 0 unspecified atom stereocenters. The summed E-state index contributed by atoms with van der Waals surface area (Å²) in [6.07, 6.45) is 2.36. The van der Waals surface area contributed by atoms with Gasteiger partial charge in [0.05, 0.1) is 28.5 Å². The molecule has 1 amide bonds. The molecule has 0 fully saturated rings. The molecule has 1 N–H and O–H groups in total. The van der Waals surface area contributed by atoms with Crippen molar-refractivity contribution in [2.75, 3.05) is 5.32 Å². The van der Waals surface area contributed by atoms with Crippen LogP contribution in [0.4, 0.5) is 11.4 Å². The molecule has 2 aromatic heterocycles. The molecule has 0 bridgehead atoms. The third kappa shape index (κ3) is 4.14. The second-order valence-electron chi connectivity index (χ2n) is 7.25. The molecule has 0 spiro atoms. The van der Waals surface area contributed by atoms with E-state index in [0.717, 1.165) is 17.5 Å². The van der Waals surface area contributed by atoms with Crippen molar-refractivity contribution in [1.29, 1.82) is 0 Å². The van der Waals surface area contributed by atoms with E-state index >= 15 is 0 Å². The number of carbonyl (C=O) groups is 1. The SMILES string of the molecule is Cc1nn(Cc2cccc(Cl)c2)c(C)c1NC(=O)C(C)(C)n1cc([N+](=O)[O-])cn1. The lowest BCUT2D eigenvalue weighted by atomic mass is 10.0. The molecule has 9 nitrogen and oxygen atoms in total. The minimum Gasteiger partial charge on any atom is -0.321 e. The quantitative estimate of drug-likeness (QED) is 0.487. The molecule has 0 saturated carbocycles. The molecule has 0 aliphatic carbocycles. The van der Waals surface area contributed by atoms with Gasteiger partial charge in [0.1, 0.15) is 17.9 Å². The van der Waals surface area contributed by atoms with Crippen LogP contribution in [0.2, 0.25) is 5.02 Å². The zero-order valence-electron chi connectivity index (χ0n) is 16.5. The molecule has 152 valence electrons. The Morgan fingerprint density at radius 3 is 2.69 bits per heavy atom. The summed E-state index contributed by atoms with van der Waals surface area (Å²) in [6, 6.07) is 7.50. The first kappa shape index (κ1) is 20.5. The lowest BCUT2D eigenvalue weighted by Crippen LogP contribution is -2.40. The van der Waals surface area contributed by atoms with Crippen LogP contribution < -0.4 is 5.32 Å². The average Bonchev–Trinajstić information content (AvgIpc) is 3.24. The van der Waals surface area contributed by atoms with Gasteiger partial charge in [0.15, 0.2) is 0 Å². The number of aryl methyl sites for hydroxylation is 1. The predicted octanol–water partition coefficient (Wildman–Crippen LogP) is 3.68. The predicted molar refractivity (Wildman–Crippen MR) is 109 cm³/mol. The molecule has 10 heteroatoms. The maximum atomic E-state index is 12.9. The molecule has 29 heavy (non-hydrogen) atoms. The van der Waals surface area contributed by atoms with Gasteiger partial charge in [-0.3, -0.25) is 24.3 Å². The van der Waals surface area contributed by atoms with Crippen LogP contribution in [0, 0.1) is 24.0 Å². The maximum absolute atomic E-state index is 12.9. The molecule has 0 saturated heterocycles. The fourth-order valence-electron chi connectivity index (χ4n) is 2.92. The highest BCUT2D eigenvalue weighted by Gasteiger charge is 2.33. The minimum atomic E-state index is -1.14. The summed E-state index contributed by atoms with van der Waals surface area (Å²) in [4.78, 5) is 23.3.